The molecule has 2 aliphatic rings. The van der Waals surface area contributed by atoms with Crippen molar-refractivity contribution in [3.63, 3.8) is 0 Å². The molecule has 2 aromatic carbocycles. The SMILES string of the molecule is CCN1C(=CC=CC=CC=CC2=[N+](CCCCCC(=O)O)c3ccc(S(=O)(=O)O)cc3C2(C)C)C(C)(C)c2cc(S(=O)(=O)[O-])ccc21. The first kappa shape index (κ1) is 36.0. The normalized spacial score (nSPS) is 18.3. The third-order valence-electron chi connectivity index (χ3n) is 8.85. The van der Waals surface area contributed by atoms with Gasteiger partial charge in [0.1, 0.15) is 16.7 Å². The Morgan fingerprint density at radius 1 is 0.872 bits per heavy atom. The fraction of sp³-hybridized carbons (Fsp3) is 0.371. The van der Waals surface area contributed by atoms with Gasteiger partial charge in [-0.05, 0) is 75.6 Å². The minimum Gasteiger partial charge on any atom is -0.744 e. The maximum absolute atomic E-state index is 11.9. The average Bonchev–Trinajstić information content (AvgIpc) is 3.33. The van der Waals surface area contributed by atoms with Gasteiger partial charge in [-0.3, -0.25) is 9.35 Å². The number of allylic oxidation sites excluding steroid dienone is 8. The van der Waals surface area contributed by atoms with Crippen LogP contribution in [0.4, 0.5) is 11.4 Å². The highest BCUT2D eigenvalue weighted by molar-refractivity contribution is 7.86. The topological polar surface area (TPSA) is 155 Å². The summed E-state index contributed by atoms with van der Waals surface area (Å²) in [7, 11) is -8.95. The minimum absolute atomic E-state index is 0.110. The highest BCUT2D eigenvalue weighted by Gasteiger charge is 2.45. The van der Waals surface area contributed by atoms with Crippen molar-refractivity contribution in [2.24, 2.45) is 0 Å². The van der Waals surface area contributed by atoms with Gasteiger partial charge in [0.2, 0.25) is 5.69 Å². The lowest BCUT2D eigenvalue weighted by atomic mass is 9.81. The molecular formula is C35H42N2O8S2. The molecule has 0 unspecified atom stereocenters. The fourth-order valence-electron chi connectivity index (χ4n) is 6.42. The summed E-state index contributed by atoms with van der Waals surface area (Å²) in [5.41, 5.74) is 4.09. The van der Waals surface area contributed by atoms with E-state index in [0.29, 0.717) is 19.5 Å². The zero-order chi connectivity index (χ0) is 34.8. The summed E-state index contributed by atoms with van der Waals surface area (Å²) >= 11 is 0. The van der Waals surface area contributed by atoms with Crippen molar-refractivity contribution in [3.05, 3.63) is 95.8 Å². The summed E-state index contributed by atoms with van der Waals surface area (Å²) in [6.45, 7) is 11.3. The Morgan fingerprint density at radius 3 is 2.15 bits per heavy atom. The van der Waals surface area contributed by atoms with Crippen LogP contribution in [0.25, 0.3) is 0 Å². The van der Waals surface area contributed by atoms with Crippen molar-refractivity contribution in [3.8, 4) is 0 Å². The maximum atomic E-state index is 11.9. The predicted molar refractivity (Wildman–Crippen MR) is 181 cm³/mol. The molecular weight excluding hydrogens is 641 g/mol. The van der Waals surface area contributed by atoms with Gasteiger partial charge in [-0.1, -0.05) is 44.2 Å². The fourth-order valence-corrected chi connectivity index (χ4v) is 7.42. The number of rotatable bonds is 13. The number of aliphatic carboxylic acids is 1. The first-order valence-corrected chi connectivity index (χ1v) is 18.3. The minimum atomic E-state index is -4.57. The molecule has 0 aromatic heterocycles. The van der Waals surface area contributed by atoms with E-state index in [0.717, 1.165) is 46.8 Å². The van der Waals surface area contributed by atoms with Crippen LogP contribution in [0.3, 0.4) is 0 Å². The average molecular weight is 683 g/mol. The number of carboxylic acids is 1. The number of anilines is 1. The largest absolute Gasteiger partial charge is 0.744 e. The van der Waals surface area contributed by atoms with Crippen molar-refractivity contribution >= 4 is 43.3 Å². The van der Waals surface area contributed by atoms with E-state index in [-0.39, 0.29) is 16.2 Å². The molecule has 0 saturated heterocycles. The summed E-state index contributed by atoms with van der Waals surface area (Å²) in [4.78, 5) is 12.6. The van der Waals surface area contributed by atoms with E-state index in [1.54, 1.807) is 12.1 Å². The Morgan fingerprint density at radius 2 is 1.51 bits per heavy atom. The molecule has 0 fully saturated rings. The lowest BCUT2D eigenvalue weighted by Gasteiger charge is -2.25. The molecule has 12 heteroatoms. The molecule has 10 nitrogen and oxygen atoms in total. The van der Waals surface area contributed by atoms with E-state index in [1.165, 1.54) is 24.3 Å². The van der Waals surface area contributed by atoms with E-state index >= 15 is 0 Å². The van der Waals surface area contributed by atoms with Crippen molar-refractivity contribution in [1.29, 1.82) is 0 Å². The van der Waals surface area contributed by atoms with Crippen LogP contribution in [0.1, 0.15) is 71.4 Å². The molecule has 2 aliphatic heterocycles. The monoisotopic (exact) mass is 682 g/mol. The van der Waals surface area contributed by atoms with Crippen LogP contribution in [0.5, 0.6) is 0 Å². The van der Waals surface area contributed by atoms with Gasteiger partial charge in [-0.25, -0.2) is 8.42 Å². The molecule has 0 amide bonds. The van der Waals surface area contributed by atoms with Gasteiger partial charge in [-0.15, -0.1) is 0 Å². The molecule has 0 bridgehead atoms. The van der Waals surface area contributed by atoms with Gasteiger partial charge >= 0.3 is 5.97 Å². The number of fused-ring (bicyclic) bond motifs is 2. The van der Waals surface area contributed by atoms with E-state index in [9.17, 15) is 30.7 Å². The Balaban J connectivity index is 1.56. The van der Waals surface area contributed by atoms with Gasteiger partial charge in [0.05, 0.1) is 15.2 Å². The van der Waals surface area contributed by atoms with Crippen LogP contribution in [0, 0.1) is 0 Å². The van der Waals surface area contributed by atoms with Crippen LogP contribution in [-0.4, -0.2) is 60.4 Å². The molecule has 2 aromatic rings. The summed E-state index contributed by atoms with van der Waals surface area (Å²) in [5.74, 6) is -0.825. The van der Waals surface area contributed by atoms with Crippen LogP contribution in [0.15, 0.2) is 94.4 Å². The second kappa shape index (κ2) is 13.7. The van der Waals surface area contributed by atoms with Crippen LogP contribution < -0.4 is 4.90 Å². The van der Waals surface area contributed by atoms with Gasteiger partial charge in [0.15, 0.2) is 5.71 Å². The van der Waals surface area contributed by atoms with Crippen molar-refractivity contribution in [2.75, 3.05) is 18.0 Å². The predicted octanol–water partition coefficient (Wildman–Crippen LogP) is 6.23. The smallest absolute Gasteiger partial charge is 0.303 e. The summed E-state index contributed by atoms with van der Waals surface area (Å²) in [5, 5.41) is 8.97. The molecule has 252 valence electrons. The molecule has 0 spiro atoms. The Hall–Kier alpha value is -3.84. The van der Waals surface area contributed by atoms with E-state index in [1.807, 2.05) is 77.2 Å². The third kappa shape index (κ3) is 7.67. The highest BCUT2D eigenvalue weighted by Crippen LogP contribution is 2.48. The van der Waals surface area contributed by atoms with E-state index < -0.39 is 37.0 Å². The molecule has 0 saturated carbocycles. The molecule has 0 radical (unpaired) electrons. The zero-order valence-electron chi connectivity index (χ0n) is 27.3. The van der Waals surface area contributed by atoms with Gasteiger partial charge < -0.3 is 14.6 Å². The summed E-state index contributed by atoms with van der Waals surface area (Å²) < 4.78 is 70.5. The maximum Gasteiger partial charge on any atom is 0.303 e. The highest BCUT2D eigenvalue weighted by atomic mass is 32.2. The lowest BCUT2D eigenvalue weighted by molar-refractivity contribution is -0.438. The second-order valence-electron chi connectivity index (χ2n) is 12.7. The van der Waals surface area contributed by atoms with Gasteiger partial charge in [0.25, 0.3) is 10.1 Å². The number of benzene rings is 2. The number of hydrogen-bond acceptors (Lipinski definition) is 7. The van der Waals surface area contributed by atoms with Crippen LogP contribution in [0.2, 0.25) is 0 Å². The number of hydrogen-bond donors (Lipinski definition) is 2. The van der Waals surface area contributed by atoms with Crippen LogP contribution >= 0.6 is 0 Å². The number of carbonyl (C=O) groups is 1. The second-order valence-corrected chi connectivity index (χ2v) is 15.5. The van der Waals surface area contributed by atoms with Crippen molar-refractivity contribution in [2.45, 2.75) is 80.9 Å². The zero-order valence-corrected chi connectivity index (χ0v) is 28.9. The number of nitrogens with zero attached hydrogens (tertiary/aromatic N) is 2. The number of unbranched alkanes of at least 4 members (excludes halogenated alkanes) is 2. The number of carboxylic acid groups (broad SMARTS) is 1. The molecule has 4 rings (SSSR count). The molecule has 0 aliphatic carbocycles. The Labute approximate surface area is 277 Å². The number of likely N-dealkylation sites (N-methyl/N-ethyl adjacent to an activating group) is 1. The first-order chi connectivity index (χ1) is 21.9. The quantitative estimate of drug-likeness (QED) is 0.108. The standard InChI is InChI=1S/C35H42N2O8S2/c1-6-36-29-20-18-25(46(40,41)42)23-27(29)34(2,3)31(36)15-11-8-7-9-12-16-32-35(4,5)28-24-26(47(43,44)45)19-21-30(28)37(32)22-14-10-13-17-33(38)39/h7-9,11-12,15-16,18-21,23-24H,6,10,13-14,17,22H2,1-5H3,(H2-,38,39,40,41,42,43,44,45). The Kier molecular flexibility index (Phi) is 10.5. The summed E-state index contributed by atoms with van der Waals surface area (Å²) in [6, 6.07) is 9.11. The van der Waals surface area contributed by atoms with Crippen molar-refractivity contribution in [1.82, 2.24) is 0 Å². The molecule has 47 heavy (non-hydrogen) atoms. The lowest BCUT2D eigenvalue weighted by Crippen LogP contribution is -2.28. The summed E-state index contributed by atoms with van der Waals surface area (Å²) in [6.07, 6.45) is 15.6. The first-order valence-electron chi connectivity index (χ1n) is 15.5. The van der Waals surface area contributed by atoms with Crippen molar-refractivity contribution < 1.29 is 40.4 Å². The van der Waals surface area contributed by atoms with E-state index in [2.05, 4.69) is 9.48 Å². The Bertz CT molecular complexity index is 1930. The molecule has 2 heterocycles. The molecule has 0 atom stereocenters. The molecule has 2 N–H and O–H groups in total. The van der Waals surface area contributed by atoms with Gasteiger partial charge in [-0.2, -0.15) is 13.0 Å². The third-order valence-corrected chi connectivity index (χ3v) is 10.5. The van der Waals surface area contributed by atoms with Gasteiger partial charge in [0, 0.05) is 53.9 Å². The van der Waals surface area contributed by atoms with Crippen LogP contribution in [-0.2, 0) is 35.9 Å². The van der Waals surface area contributed by atoms with E-state index in [4.69, 9.17) is 5.11 Å².